The molecule has 1 aliphatic carbocycles. The predicted octanol–water partition coefficient (Wildman–Crippen LogP) is 3.42. The fraction of sp³-hybridized carbons (Fsp3) is 0.733. The van der Waals surface area contributed by atoms with Crippen molar-refractivity contribution in [2.24, 2.45) is 11.8 Å². The van der Waals surface area contributed by atoms with Crippen LogP contribution in [0.3, 0.4) is 0 Å². The molecule has 0 saturated heterocycles. The van der Waals surface area contributed by atoms with E-state index >= 15 is 0 Å². The van der Waals surface area contributed by atoms with Crippen LogP contribution in [0.1, 0.15) is 45.7 Å². The second kappa shape index (κ2) is 5.72. The molecule has 96 valence electrons. The summed E-state index contributed by atoms with van der Waals surface area (Å²) in [5, 5.41) is 3.75. The van der Waals surface area contributed by atoms with E-state index in [2.05, 4.69) is 49.0 Å². The Morgan fingerprint density at radius 1 is 1.35 bits per heavy atom. The van der Waals surface area contributed by atoms with Crippen LogP contribution in [0.5, 0.6) is 0 Å². The minimum absolute atomic E-state index is 0.722. The molecule has 0 bridgehead atoms. The first-order chi connectivity index (χ1) is 8.26. The van der Waals surface area contributed by atoms with Crippen LogP contribution in [0.4, 0.5) is 0 Å². The highest BCUT2D eigenvalue weighted by Gasteiger charge is 2.30. The van der Waals surface area contributed by atoms with Crippen LogP contribution in [-0.2, 0) is 13.1 Å². The fourth-order valence-corrected chi connectivity index (χ4v) is 3.27. The van der Waals surface area contributed by atoms with E-state index in [1.54, 1.807) is 0 Å². The minimum Gasteiger partial charge on any atom is -0.351 e. The third kappa shape index (κ3) is 2.74. The van der Waals surface area contributed by atoms with Crippen molar-refractivity contribution >= 4 is 0 Å². The minimum atomic E-state index is 0.722. The van der Waals surface area contributed by atoms with Gasteiger partial charge in [0.05, 0.1) is 0 Å². The highest BCUT2D eigenvalue weighted by Crippen LogP contribution is 2.33. The summed E-state index contributed by atoms with van der Waals surface area (Å²) in [4.78, 5) is 0. The number of nitrogens with zero attached hydrogens (tertiary/aromatic N) is 1. The van der Waals surface area contributed by atoms with Crippen molar-refractivity contribution in [2.75, 3.05) is 0 Å². The summed E-state index contributed by atoms with van der Waals surface area (Å²) in [7, 11) is 0. The van der Waals surface area contributed by atoms with Crippen LogP contribution < -0.4 is 5.32 Å². The molecule has 1 aliphatic rings. The molecule has 1 aromatic rings. The zero-order chi connectivity index (χ0) is 12.3. The van der Waals surface area contributed by atoms with Crippen LogP contribution >= 0.6 is 0 Å². The molecule has 0 spiro atoms. The lowest BCUT2D eigenvalue weighted by Gasteiger charge is -2.21. The van der Waals surface area contributed by atoms with Crippen LogP contribution in [0.25, 0.3) is 0 Å². The summed E-state index contributed by atoms with van der Waals surface area (Å²) in [6, 6.07) is 5.10. The average Bonchev–Trinajstić information content (AvgIpc) is 2.93. The first kappa shape index (κ1) is 12.7. The summed E-state index contributed by atoms with van der Waals surface area (Å²) >= 11 is 0. The van der Waals surface area contributed by atoms with Gasteiger partial charge in [-0.1, -0.05) is 20.3 Å². The number of aromatic nitrogens is 1. The Hall–Kier alpha value is -0.760. The highest BCUT2D eigenvalue weighted by molar-refractivity contribution is 5.07. The highest BCUT2D eigenvalue weighted by atomic mass is 15.0. The smallest absolute Gasteiger partial charge is 0.0361 e. The average molecular weight is 234 g/mol. The van der Waals surface area contributed by atoms with Crippen molar-refractivity contribution in [1.82, 2.24) is 9.88 Å². The number of aryl methyl sites for hydroxylation is 1. The molecule has 3 unspecified atom stereocenters. The second-order valence-electron chi connectivity index (χ2n) is 5.38. The fourth-order valence-electron chi connectivity index (χ4n) is 3.27. The normalized spacial score (nSPS) is 28.8. The van der Waals surface area contributed by atoms with E-state index in [0.717, 1.165) is 31.0 Å². The van der Waals surface area contributed by atoms with Gasteiger partial charge in [0, 0.05) is 31.0 Å². The molecular weight excluding hydrogens is 208 g/mol. The van der Waals surface area contributed by atoms with Crippen LogP contribution in [0.15, 0.2) is 18.3 Å². The zero-order valence-electron chi connectivity index (χ0n) is 11.4. The van der Waals surface area contributed by atoms with Gasteiger partial charge in [0.15, 0.2) is 0 Å². The Balaban J connectivity index is 1.87. The maximum absolute atomic E-state index is 3.75. The molecule has 0 aliphatic heterocycles. The van der Waals surface area contributed by atoms with Crippen LogP contribution in [0.2, 0.25) is 0 Å². The summed E-state index contributed by atoms with van der Waals surface area (Å²) in [6.45, 7) is 9.03. The molecule has 0 radical (unpaired) electrons. The number of nitrogens with one attached hydrogen (secondary N) is 1. The quantitative estimate of drug-likeness (QED) is 0.826. The lowest BCUT2D eigenvalue weighted by molar-refractivity contribution is 0.342. The first-order valence-corrected chi connectivity index (χ1v) is 7.13. The molecule has 3 atom stereocenters. The van der Waals surface area contributed by atoms with Gasteiger partial charge in [0.2, 0.25) is 0 Å². The Morgan fingerprint density at radius 2 is 2.18 bits per heavy atom. The third-order valence-electron chi connectivity index (χ3n) is 4.56. The number of rotatable bonds is 5. The molecule has 1 fully saturated rings. The van der Waals surface area contributed by atoms with Crippen molar-refractivity contribution in [3.8, 4) is 0 Å². The maximum Gasteiger partial charge on any atom is 0.0361 e. The Morgan fingerprint density at radius 3 is 2.82 bits per heavy atom. The van der Waals surface area contributed by atoms with Crippen molar-refractivity contribution in [3.05, 3.63) is 24.0 Å². The van der Waals surface area contributed by atoms with Gasteiger partial charge in [-0.05, 0) is 43.7 Å². The van der Waals surface area contributed by atoms with Crippen LogP contribution in [-0.4, -0.2) is 10.6 Å². The molecule has 1 saturated carbocycles. The van der Waals surface area contributed by atoms with Crippen molar-refractivity contribution in [1.29, 1.82) is 0 Å². The largest absolute Gasteiger partial charge is 0.351 e. The van der Waals surface area contributed by atoms with Gasteiger partial charge in [-0.25, -0.2) is 0 Å². The van der Waals surface area contributed by atoms with Gasteiger partial charge in [-0.3, -0.25) is 0 Å². The van der Waals surface area contributed by atoms with Crippen LogP contribution in [0, 0.1) is 11.8 Å². The van der Waals surface area contributed by atoms with Gasteiger partial charge < -0.3 is 9.88 Å². The standard InChI is InChI=1S/C15H26N2/c1-4-13-8-9-15(12(13)3)16-11-14-7-6-10-17(14)5-2/h6-7,10,12-13,15-16H,4-5,8-9,11H2,1-3H3. The SMILES string of the molecule is CCC1CCC(NCc2cccn2CC)C1C. The number of hydrogen-bond donors (Lipinski definition) is 1. The van der Waals surface area contributed by atoms with Crippen molar-refractivity contribution in [3.63, 3.8) is 0 Å². The molecule has 17 heavy (non-hydrogen) atoms. The number of hydrogen-bond acceptors (Lipinski definition) is 1. The summed E-state index contributed by atoms with van der Waals surface area (Å²) in [5.74, 6) is 1.77. The Labute approximate surface area is 105 Å². The molecule has 2 heteroatoms. The van der Waals surface area contributed by atoms with Crippen molar-refractivity contribution < 1.29 is 0 Å². The molecular formula is C15H26N2. The predicted molar refractivity (Wildman–Crippen MR) is 72.9 cm³/mol. The molecule has 0 aromatic carbocycles. The molecule has 2 nitrogen and oxygen atoms in total. The van der Waals surface area contributed by atoms with Gasteiger partial charge in [0.1, 0.15) is 0 Å². The van der Waals surface area contributed by atoms with E-state index in [1.165, 1.54) is 25.0 Å². The van der Waals surface area contributed by atoms with Gasteiger partial charge in [-0.15, -0.1) is 0 Å². The first-order valence-electron chi connectivity index (χ1n) is 7.13. The summed E-state index contributed by atoms with van der Waals surface area (Å²) in [6.07, 6.45) is 6.27. The molecule has 0 amide bonds. The molecule has 1 N–H and O–H groups in total. The van der Waals surface area contributed by atoms with Gasteiger partial charge >= 0.3 is 0 Å². The van der Waals surface area contributed by atoms with Gasteiger partial charge in [0.25, 0.3) is 0 Å². The van der Waals surface area contributed by atoms with E-state index in [9.17, 15) is 0 Å². The molecule has 2 rings (SSSR count). The summed E-state index contributed by atoms with van der Waals surface area (Å²) in [5.41, 5.74) is 1.42. The van der Waals surface area contributed by atoms with E-state index in [0.29, 0.717) is 0 Å². The molecule has 1 heterocycles. The molecule has 1 aromatic heterocycles. The maximum atomic E-state index is 3.75. The monoisotopic (exact) mass is 234 g/mol. The zero-order valence-corrected chi connectivity index (χ0v) is 11.4. The van der Waals surface area contributed by atoms with E-state index in [-0.39, 0.29) is 0 Å². The van der Waals surface area contributed by atoms with E-state index in [1.807, 2.05) is 0 Å². The van der Waals surface area contributed by atoms with E-state index < -0.39 is 0 Å². The lowest BCUT2D eigenvalue weighted by Crippen LogP contribution is -2.32. The van der Waals surface area contributed by atoms with Crippen molar-refractivity contribution in [2.45, 2.75) is 59.2 Å². The Kier molecular flexibility index (Phi) is 4.27. The lowest BCUT2D eigenvalue weighted by atomic mass is 9.93. The second-order valence-corrected chi connectivity index (χ2v) is 5.38. The topological polar surface area (TPSA) is 17.0 Å². The summed E-state index contributed by atoms with van der Waals surface area (Å²) < 4.78 is 2.32. The van der Waals surface area contributed by atoms with E-state index in [4.69, 9.17) is 0 Å². The van der Waals surface area contributed by atoms with Gasteiger partial charge in [-0.2, -0.15) is 0 Å². The third-order valence-corrected chi connectivity index (χ3v) is 4.56. The Bertz CT molecular complexity index is 342.